The summed E-state index contributed by atoms with van der Waals surface area (Å²) in [5, 5.41) is 11.7. The van der Waals surface area contributed by atoms with Crippen LogP contribution in [0.1, 0.15) is 5.56 Å². The summed E-state index contributed by atoms with van der Waals surface area (Å²) in [4.78, 5) is 35.4. The van der Waals surface area contributed by atoms with E-state index in [0.29, 0.717) is 11.3 Å². The van der Waals surface area contributed by atoms with Gasteiger partial charge in [-0.3, -0.25) is 0 Å². The first kappa shape index (κ1) is 19.7. The number of benzene rings is 1. The number of carboxylic acid groups (broad SMARTS) is 1. The smallest absolute Gasteiger partial charge is 0.414 e. The number of carbonyl (C=O) groups excluding carboxylic acids is 1. The highest BCUT2D eigenvalue weighted by molar-refractivity contribution is 6.31. The second kappa shape index (κ2) is 8.63. The predicted octanol–water partition coefficient (Wildman–Crippen LogP) is 2.35. The molecule has 0 unspecified atom stereocenters. The third-order valence-corrected chi connectivity index (χ3v) is 3.45. The molecule has 2 N–H and O–H groups in total. The first-order valence-corrected chi connectivity index (χ1v) is 8.04. The average molecular weight is 400 g/mol. The van der Waals surface area contributed by atoms with Gasteiger partial charge >= 0.3 is 12.1 Å². The van der Waals surface area contributed by atoms with E-state index in [4.69, 9.17) is 27.9 Å². The van der Waals surface area contributed by atoms with E-state index in [2.05, 4.69) is 20.3 Å². The molecule has 2 aromatic rings. The number of amides is 1. The number of hydrogen-bond acceptors (Lipinski definition) is 7. The predicted molar refractivity (Wildman–Crippen MR) is 94.8 cm³/mol. The molecule has 0 saturated carbocycles. The van der Waals surface area contributed by atoms with Crippen molar-refractivity contribution in [2.75, 3.05) is 19.4 Å². The van der Waals surface area contributed by atoms with Gasteiger partial charge < -0.3 is 20.1 Å². The van der Waals surface area contributed by atoms with Crippen LogP contribution in [-0.2, 0) is 11.2 Å². The Morgan fingerprint density at radius 2 is 1.73 bits per heavy atom. The van der Waals surface area contributed by atoms with Crippen LogP contribution in [-0.4, -0.2) is 57.2 Å². The summed E-state index contributed by atoms with van der Waals surface area (Å²) in [6.07, 6.45) is -0.385. The number of aromatic nitrogens is 3. The average Bonchev–Trinajstić information content (AvgIpc) is 2.54. The van der Waals surface area contributed by atoms with Gasteiger partial charge in [-0.2, -0.15) is 15.0 Å². The molecule has 138 valence electrons. The van der Waals surface area contributed by atoms with Crippen LogP contribution in [0.25, 0.3) is 0 Å². The molecule has 0 fully saturated rings. The van der Waals surface area contributed by atoms with Crippen molar-refractivity contribution in [2.45, 2.75) is 12.5 Å². The Kier molecular flexibility index (Phi) is 6.53. The van der Waals surface area contributed by atoms with Gasteiger partial charge in [0.2, 0.25) is 16.5 Å². The third-order valence-electron chi connectivity index (χ3n) is 3.12. The van der Waals surface area contributed by atoms with E-state index in [1.165, 1.54) is 4.90 Å². The summed E-state index contributed by atoms with van der Waals surface area (Å²) in [6.45, 7) is 0. The van der Waals surface area contributed by atoms with Crippen LogP contribution in [0, 0.1) is 0 Å². The largest absolute Gasteiger partial charge is 0.480 e. The van der Waals surface area contributed by atoms with Crippen LogP contribution >= 0.6 is 23.2 Å². The van der Waals surface area contributed by atoms with Crippen LogP contribution in [0.4, 0.5) is 10.7 Å². The molecular formula is C15H15Cl2N5O4. The number of carbonyl (C=O) groups is 2. The van der Waals surface area contributed by atoms with Crippen molar-refractivity contribution >= 4 is 41.2 Å². The number of rotatable bonds is 6. The SMILES string of the molecule is CN(C)C(=O)Oc1ccc(C[C@H](Nc2nc(Cl)nc(Cl)n2)C(=O)O)cc1. The lowest BCUT2D eigenvalue weighted by atomic mass is 10.1. The lowest BCUT2D eigenvalue weighted by molar-refractivity contribution is -0.137. The van der Waals surface area contributed by atoms with Crippen molar-refractivity contribution in [1.82, 2.24) is 19.9 Å². The van der Waals surface area contributed by atoms with E-state index in [0.717, 1.165) is 0 Å². The number of hydrogen-bond donors (Lipinski definition) is 2. The highest BCUT2D eigenvalue weighted by Crippen LogP contribution is 2.16. The number of nitrogens with zero attached hydrogens (tertiary/aromatic N) is 4. The van der Waals surface area contributed by atoms with Crippen molar-refractivity contribution in [3.05, 3.63) is 40.4 Å². The van der Waals surface area contributed by atoms with Crippen LogP contribution in [0.15, 0.2) is 24.3 Å². The molecule has 2 rings (SSSR count). The van der Waals surface area contributed by atoms with Crippen molar-refractivity contribution < 1.29 is 19.4 Å². The maximum Gasteiger partial charge on any atom is 0.414 e. The van der Waals surface area contributed by atoms with Gasteiger partial charge in [-0.05, 0) is 40.9 Å². The molecule has 11 heteroatoms. The van der Waals surface area contributed by atoms with E-state index in [1.807, 2.05) is 0 Å². The maximum atomic E-state index is 11.5. The molecule has 0 radical (unpaired) electrons. The second-order valence-corrected chi connectivity index (χ2v) is 6.02. The number of ether oxygens (including phenoxy) is 1. The Hall–Kier alpha value is -2.65. The summed E-state index contributed by atoms with van der Waals surface area (Å²) < 4.78 is 5.10. The van der Waals surface area contributed by atoms with Crippen LogP contribution in [0.3, 0.4) is 0 Å². The molecule has 0 bridgehead atoms. The van der Waals surface area contributed by atoms with Gasteiger partial charge in [-0.25, -0.2) is 9.59 Å². The number of halogens is 2. The Labute approximate surface area is 158 Å². The Morgan fingerprint density at radius 3 is 2.23 bits per heavy atom. The molecule has 0 spiro atoms. The zero-order valence-electron chi connectivity index (χ0n) is 13.8. The minimum atomic E-state index is -1.11. The van der Waals surface area contributed by atoms with Crippen LogP contribution in [0.2, 0.25) is 10.6 Å². The topological polar surface area (TPSA) is 118 Å². The van der Waals surface area contributed by atoms with Crippen molar-refractivity contribution in [3.8, 4) is 5.75 Å². The lowest BCUT2D eigenvalue weighted by Gasteiger charge is -2.15. The van der Waals surface area contributed by atoms with Gasteiger partial charge in [0, 0.05) is 20.5 Å². The van der Waals surface area contributed by atoms with Crippen LogP contribution in [0.5, 0.6) is 5.75 Å². The molecule has 1 amide bonds. The van der Waals surface area contributed by atoms with Crippen LogP contribution < -0.4 is 10.1 Å². The number of carboxylic acids is 1. The molecule has 0 aliphatic heterocycles. The maximum absolute atomic E-state index is 11.5. The fourth-order valence-corrected chi connectivity index (χ4v) is 2.23. The second-order valence-electron chi connectivity index (χ2n) is 5.34. The minimum Gasteiger partial charge on any atom is -0.480 e. The first-order chi connectivity index (χ1) is 12.2. The molecule has 26 heavy (non-hydrogen) atoms. The molecule has 0 aliphatic rings. The molecular weight excluding hydrogens is 385 g/mol. The molecule has 1 atom stereocenters. The number of nitrogens with one attached hydrogen (secondary N) is 1. The quantitative estimate of drug-likeness (QED) is 0.759. The van der Waals surface area contributed by atoms with Gasteiger partial charge in [-0.15, -0.1) is 0 Å². The van der Waals surface area contributed by atoms with E-state index >= 15 is 0 Å². The van der Waals surface area contributed by atoms with Gasteiger partial charge in [0.15, 0.2) is 0 Å². The van der Waals surface area contributed by atoms with Gasteiger partial charge in [0.25, 0.3) is 0 Å². The van der Waals surface area contributed by atoms with E-state index in [1.54, 1.807) is 38.4 Å². The zero-order valence-corrected chi connectivity index (χ0v) is 15.3. The molecule has 1 heterocycles. The summed E-state index contributed by atoms with van der Waals surface area (Å²) in [5.41, 5.74) is 0.695. The molecule has 1 aromatic heterocycles. The standard InChI is InChI=1S/C15H15Cl2N5O4/c1-22(2)15(25)26-9-5-3-8(4-6-9)7-10(11(23)24)18-14-20-12(16)19-13(17)21-14/h3-6,10H,7H2,1-2H3,(H,23,24)(H,18,19,20,21)/t10-/m0/s1. The zero-order chi connectivity index (χ0) is 19.3. The lowest BCUT2D eigenvalue weighted by Crippen LogP contribution is -2.32. The normalized spacial score (nSPS) is 11.5. The molecule has 1 aromatic carbocycles. The monoisotopic (exact) mass is 399 g/mol. The molecule has 9 nitrogen and oxygen atoms in total. The van der Waals surface area contributed by atoms with Gasteiger partial charge in [0.05, 0.1) is 0 Å². The molecule has 0 saturated heterocycles. The summed E-state index contributed by atoms with van der Waals surface area (Å²) in [7, 11) is 3.14. The summed E-state index contributed by atoms with van der Waals surface area (Å²) >= 11 is 11.4. The Balaban J connectivity index is 2.07. The minimum absolute atomic E-state index is 0.0427. The van der Waals surface area contributed by atoms with E-state index in [-0.39, 0.29) is 22.9 Å². The summed E-state index contributed by atoms with van der Waals surface area (Å²) in [5.74, 6) is -0.803. The first-order valence-electron chi connectivity index (χ1n) is 7.29. The van der Waals surface area contributed by atoms with Gasteiger partial charge in [0.1, 0.15) is 11.8 Å². The third kappa shape index (κ3) is 5.71. The number of anilines is 1. The highest BCUT2D eigenvalue weighted by atomic mass is 35.5. The van der Waals surface area contributed by atoms with E-state index in [9.17, 15) is 14.7 Å². The fourth-order valence-electron chi connectivity index (χ4n) is 1.87. The van der Waals surface area contributed by atoms with E-state index < -0.39 is 18.1 Å². The van der Waals surface area contributed by atoms with Crippen molar-refractivity contribution in [2.24, 2.45) is 0 Å². The van der Waals surface area contributed by atoms with Crippen molar-refractivity contribution in [1.29, 1.82) is 0 Å². The fraction of sp³-hybridized carbons (Fsp3) is 0.267. The van der Waals surface area contributed by atoms with Gasteiger partial charge in [-0.1, -0.05) is 12.1 Å². The number of aliphatic carboxylic acids is 1. The summed E-state index contributed by atoms with van der Waals surface area (Å²) in [6, 6.07) is 5.44. The van der Waals surface area contributed by atoms with Crippen molar-refractivity contribution in [3.63, 3.8) is 0 Å². The Morgan fingerprint density at radius 1 is 1.15 bits per heavy atom. The highest BCUT2D eigenvalue weighted by Gasteiger charge is 2.20. The Bertz CT molecular complexity index is 781. The molecule has 0 aliphatic carbocycles.